The molecule has 0 fully saturated rings. The lowest BCUT2D eigenvalue weighted by Gasteiger charge is -2.15. The monoisotopic (exact) mass is 388 g/mol. The Kier molecular flexibility index (Phi) is 5.81. The minimum Gasteiger partial charge on any atom is -0.493 e. The molecule has 1 N–H and O–H groups in total. The Labute approximate surface area is 162 Å². The van der Waals surface area contributed by atoms with Crippen molar-refractivity contribution in [2.45, 2.75) is 20.4 Å². The predicted octanol–water partition coefficient (Wildman–Crippen LogP) is 3.36. The number of benzene rings is 1. The molecule has 0 aliphatic rings. The first-order valence-electron chi connectivity index (χ1n) is 8.56. The van der Waals surface area contributed by atoms with Gasteiger partial charge in [-0.15, -0.1) is 10.2 Å². The number of aromatic nitrogens is 3. The van der Waals surface area contributed by atoms with Crippen molar-refractivity contribution < 1.29 is 14.3 Å². The third-order valence-electron chi connectivity index (χ3n) is 3.84. The zero-order valence-corrected chi connectivity index (χ0v) is 16.2. The predicted molar refractivity (Wildman–Crippen MR) is 102 cm³/mol. The number of ether oxygens (including phenoxy) is 2. The first-order chi connectivity index (χ1) is 13.0. The molecule has 1 aromatic carbocycles. The highest BCUT2D eigenvalue weighted by Gasteiger charge is 2.17. The average molecular weight is 389 g/mol. The summed E-state index contributed by atoms with van der Waals surface area (Å²) in [6, 6.07) is 8.78. The molecule has 3 rings (SSSR count). The molecule has 0 radical (unpaired) electrons. The maximum Gasteiger partial charge on any atom is 0.251 e. The third kappa shape index (κ3) is 4.31. The third-order valence-corrected chi connectivity index (χ3v) is 4.12. The molecule has 2 heterocycles. The van der Waals surface area contributed by atoms with Crippen LogP contribution >= 0.6 is 11.6 Å². The van der Waals surface area contributed by atoms with E-state index in [0.29, 0.717) is 40.4 Å². The first kappa shape index (κ1) is 19.0. The Hall–Kier alpha value is -2.80. The Morgan fingerprint density at radius 2 is 2.11 bits per heavy atom. The Morgan fingerprint density at radius 1 is 1.30 bits per heavy atom. The number of halogens is 1. The number of hydrogen-bond donors (Lipinski definition) is 1. The number of methoxy groups -OCH3 is 1. The number of rotatable bonds is 7. The van der Waals surface area contributed by atoms with E-state index in [4.69, 9.17) is 21.1 Å². The summed E-state index contributed by atoms with van der Waals surface area (Å²) >= 11 is 6.31. The fourth-order valence-corrected chi connectivity index (χ4v) is 2.78. The number of carbonyl (C=O) groups excluding carboxylic acids is 1. The lowest BCUT2D eigenvalue weighted by Crippen LogP contribution is -2.24. The molecule has 0 aliphatic carbocycles. The summed E-state index contributed by atoms with van der Waals surface area (Å²) < 4.78 is 12.9. The fraction of sp³-hybridized carbons (Fsp3) is 0.316. The molecule has 7 nitrogen and oxygen atoms in total. The van der Waals surface area contributed by atoms with Crippen molar-refractivity contribution in [3.63, 3.8) is 0 Å². The van der Waals surface area contributed by atoms with Gasteiger partial charge in [-0.2, -0.15) is 0 Å². The molecule has 1 amide bonds. The Balaban J connectivity index is 1.75. The Bertz CT molecular complexity index is 955. The number of pyridine rings is 1. The second kappa shape index (κ2) is 8.26. The van der Waals surface area contributed by atoms with E-state index in [-0.39, 0.29) is 12.5 Å². The van der Waals surface area contributed by atoms with Crippen LogP contribution in [0.15, 0.2) is 36.5 Å². The van der Waals surface area contributed by atoms with Gasteiger partial charge in [-0.1, -0.05) is 31.5 Å². The highest BCUT2D eigenvalue weighted by atomic mass is 35.5. The van der Waals surface area contributed by atoms with Crippen LogP contribution in [0.4, 0.5) is 0 Å². The summed E-state index contributed by atoms with van der Waals surface area (Å²) in [5.41, 5.74) is 1.10. The number of nitrogens with one attached hydrogen (secondary N) is 1. The molecule has 0 atom stereocenters. The molecule has 8 heteroatoms. The standard InChI is InChI=1S/C19H21ClN4O3/c1-12(2)11-27-18-14(20)8-13(9-15(18)26-3)19(25)21-10-17-23-22-16-6-4-5-7-24(16)17/h4-9,12H,10-11H2,1-3H3,(H,21,25). The molecule has 0 bridgehead atoms. The molecule has 0 saturated carbocycles. The molecule has 0 saturated heterocycles. The number of carbonyl (C=O) groups is 1. The van der Waals surface area contributed by atoms with E-state index in [0.717, 1.165) is 5.65 Å². The summed E-state index contributed by atoms with van der Waals surface area (Å²) in [5.74, 6) is 1.54. The van der Waals surface area contributed by atoms with Crippen LogP contribution in [-0.2, 0) is 6.54 Å². The topological polar surface area (TPSA) is 77.8 Å². The minimum absolute atomic E-state index is 0.232. The van der Waals surface area contributed by atoms with Gasteiger partial charge in [0.15, 0.2) is 23.0 Å². The minimum atomic E-state index is -0.293. The number of amides is 1. The van der Waals surface area contributed by atoms with E-state index in [1.165, 1.54) is 7.11 Å². The van der Waals surface area contributed by atoms with E-state index in [9.17, 15) is 4.79 Å². The van der Waals surface area contributed by atoms with Crippen LogP contribution in [0.5, 0.6) is 11.5 Å². The van der Waals surface area contributed by atoms with Crippen LogP contribution in [0.1, 0.15) is 30.0 Å². The van der Waals surface area contributed by atoms with Crippen molar-refractivity contribution in [2.24, 2.45) is 5.92 Å². The van der Waals surface area contributed by atoms with Gasteiger partial charge in [0, 0.05) is 11.8 Å². The lowest BCUT2D eigenvalue weighted by atomic mass is 10.1. The van der Waals surface area contributed by atoms with E-state index in [1.54, 1.807) is 12.1 Å². The summed E-state index contributed by atoms with van der Waals surface area (Å²) in [6.45, 7) is 4.81. The zero-order chi connectivity index (χ0) is 19.4. The Morgan fingerprint density at radius 3 is 2.85 bits per heavy atom. The smallest absolute Gasteiger partial charge is 0.251 e. The maximum absolute atomic E-state index is 12.6. The van der Waals surface area contributed by atoms with Gasteiger partial charge in [-0.25, -0.2) is 0 Å². The highest BCUT2D eigenvalue weighted by Crippen LogP contribution is 2.36. The van der Waals surface area contributed by atoms with Gasteiger partial charge in [0.25, 0.3) is 5.91 Å². The number of nitrogens with zero attached hydrogens (tertiary/aromatic N) is 3. The number of hydrogen-bond acceptors (Lipinski definition) is 5. The molecule has 2 aromatic heterocycles. The summed E-state index contributed by atoms with van der Waals surface area (Å²) in [5, 5.41) is 11.3. The summed E-state index contributed by atoms with van der Waals surface area (Å²) in [6.07, 6.45) is 1.84. The molecular formula is C19H21ClN4O3. The van der Waals surface area contributed by atoms with Gasteiger partial charge in [0.1, 0.15) is 0 Å². The van der Waals surface area contributed by atoms with E-state index in [1.807, 2.05) is 42.6 Å². The van der Waals surface area contributed by atoms with Crippen LogP contribution in [0.2, 0.25) is 5.02 Å². The van der Waals surface area contributed by atoms with E-state index < -0.39 is 0 Å². The van der Waals surface area contributed by atoms with Gasteiger partial charge >= 0.3 is 0 Å². The maximum atomic E-state index is 12.6. The molecule has 3 aromatic rings. The second-order valence-corrected chi connectivity index (χ2v) is 6.83. The van der Waals surface area contributed by atoms with Gasteiger partial charge in [0.05, 0.1) is 25.3 Å². The number of fused-ring (bicyclic) bond motifs is 1. The molecule has 0 spiro atoms. The summed E-state index contributed by atoms with van der Waals surface area (Å²) in [4.78, 5) is 12.6. The van der Waals surface area contributed by atoms with Crippen LogP contribution < -0.4 is 14.8 Å². The quantitative estimate of drug-likeness (QED) is 0.671. The average Bonchev–Trinajstić information content (AvgIpc) is 3.07. The van der Waals surface area contributed by atoms with Crippen LogP contribution in [0.3, 0.4) is 0 Å². The van der Waals surface area contributed by atoms with Crippen LogP contribution in [-0.4, -0.2) is 34.2 Å². The highest BCUT2D eigenvalue weighted by molar-refractivity contribution is 6.32. The molecule has 27 heavy (non-hydrogen) atoms. The molecule has 0 unspecified atom stereocenters. The molecule has 0 aliphatic heterocycles. The van der Waals surface area contributed by atoms with E-state index >= 15 is 0 Å². The van der Waals surface area contributed by atoms with Gasteiger partial charge < -0.3 is 14.8 Å². The summed E-state index contributed by atoms with van der Waals surface area (Å²) in [7, 11) is 1.51. The van der Waals surface area contributed by atoms with Gasteiger partial charge in [0.2, 0.25) is 0 Å². The van der Waals surface area contributed by atoms with Crippen LogP contribution in [0.25, 0.3) is 5.65 Å². The van der Waals surface area contributed by atoms with Gasteiger partial charge in [-0.05, 0) is 30.2 Å². The SMILES string of the molecule is COc1cc(C(=O)NCc2nnc3ccccn23)cc(Cl)c1OCC(C)C. The van der Waals surface area contributed by atoms with Crippen molar-refractivity contribution in [1.29, 1.82) is 0 Å². The first-order valence-corrected chi connectivity index (χ1v) is 8.94. The zero-order valence-electron chi connectivity index (χ0n) is 15.4. The fourth-order valence-electron chi connectivity index (χ4n) is 2.51. The largest absolute Gasteiger partial charge is 0.493 e. The second-order valence-electron chi connectivity index (χ2n) is 6.42. The van der Waals surface area contributed by atoms with Gasteiger partial charge in [-0.3, -0.25) is 9.20 Å². The van der Waals surface area contributed by atoms with Crippen molar-refractivity contribution in [3.8, 4) is 11.5 Å². The van der Waals surface area contributed by atoms with Crippen molar-refractivity contribution in [3.05, 3.63) is 52.9 Å². The van der Waals surface area contributed by atoms with Crippen molar-refractivity contribution >= 4 is 23.2 Å². The van der Waals surface area contributed by atoms with Crippen molar-refractivity contribution in [2.75, 3.05) is 13.7 Å². The van der Waals surface area contributed by atoms with Crippen molar-refractivity contribution in [1.82, 2.24) is 19.9 Å². The lowest BCUT2D eigenvalue weighted by molar-refractivity contribution is 0.0949. The molecule has 142 valence electrons. The van der Waals surface area contributed by atoms with Crippen LogP contribution in [0, 0.1) is 5.92 Å². The molecular weight excluding hydrogens is 368 g/mol. The normalized spacial score (nSPS) is 11.0. The van der Waals surface area contributed by atoms with E-state index in [2.05, 4.69) is 15.5 Å².